The summed E-state index contributed by atoms with van der Waals surface area (Å²) >= 11 is 1.11. The van der Waals surface area contributed by atoms with E-state index >= 15 is 0 Å². The van der Waals surface area contributed by atoms with E-state index in [9.17, 15) is 14.9 Å². The molecular weight excluding hydrogens is 310 g/mol. The lowest BCUT2D eigenvalue weighted by molar-refractivity contribution is 0.0790. The molecule has 1 aromatic rings. The number of nitrogens with two attached hydrogens (primary N) is 2. The highest BCUT2D eigenvalue weighted by Crippen LogP contribution is 2.47. The van der Waals surface area contributed by atoms with Crippen molar-refractivity contribution in [1.29, 1.82) is 5.26 Å². The number of hydrogen-bond acceptors (Lipinski definition) is 5. The van der Waals surface area contributed by atoms with Crippen molar-refractivity contribution in [1.82, 2.24) is 0 Å². The van der Waals surface area contributed by atoms with Crippen molar-refractivity contribution in [3.8, 4) is 6.07 Å². The van der Waals surface area contributed by atoms with E-state index in [1.54, 1.807) is 0 Å². The van der Waals surface area contributed by atoms with Gasteiger partial charge in [-0.2, -0.15) is 5.26 Å². The van der Waals surface area contributed by atoms with Gasteiger partial charge in [-0.1, -0.05) is 32.1 Å². The van der Waals surface area contributed by atoms with E-state index in [2.05, 4.69) is 6.07 Å². The number of rotatable bonds is 3. The topological polar surface area (TPSA) is 110 Å². The van der Waals surface area contributed by atoms with Gasteiger partial charge in [0, 0.05) is 0 Å². The van der Waals surface area contributed by atoms with Gasteiger partial charge in [-0.25, -0.2) is 0 Å². The minimum Gasteiger partial charge on any atom is -0.390 e. The fourth-order valence-electron chi connectivity index (χ4n) is 4.08. The second kappa shape index (κ2) is 5.97. The zero-order valence-electron chi connectivity index (χ0n) is 13.1. The summed E-state index contributed by atoms with van der Waals surface area (Å²) in [6.07, 6.45) is 7.43. The van der Waals surface area contributed by atoms with Gasteiger partial charge < -0.3 is 11.5 Å². The Morgan fingerprint density at radius 3 is 2.65 bits per heavy atom. The molecule has 1 aromatic heterocycles. The molecule has 1 amide bonds. The second-order valence-corrected chi connectivity index (χ2v) is 7.80. The number of nitrogens with zero attached hydrogens (tertiary/aromatic N) is 1. The fraction of sp³-hybridized carbons (Fsp3) is 0.588. The highest BCUT2D eigenvalue weighted by molar-refractivity contribution is 7.18. The number of hydrogen-bond donors (Lipinski definition) is 2. The third-order valence-corrected chi connectivity index (χ3v) is 6.36. The molecule has 5 nitrogen and oxygen atoms in total. The maximum absolute atomic E-state index is 13.0. The van der Waals surface area contributed by atoms with Crippen molar-refractivity contribution in [2.75, 3.05) is 5.73 Å². The van der Waals surface area contributed by atoms with Gasteiger partial charge in [0.2, 0.25) is 0 Å². The molecule has 122 valence electrons. The minimum absolute atomic E-state index is 0.156. The van der Waals surface area contributed by atoms with E-state index in [1.165, 1.54) is 19.3 Å². The van der Waals surface area contributed by atoms with E-state index in [4.69, 9.17) is 11.5 Å². The zero-order chi connectivity index (χ0) is 16.6. The minimum atomic E-state index is -0.957. The molecule has 1 atom stereocenters. The number of fused-ring (bicyclic) bond motifs is 1. The van der Waals surface area contributed by atoms with Gasteiger partial charge in [-0.3, -0.25) is 9.59 Å². The first kappa shape index (κ1) is 16.0. The molecule has 1 heterocycles. The number of nitrogen functional groups attached to an aromatic ring is 1. The predicted octanol–water partition coefficient (Wildman–Crippen LogP) is 3.04. The van der Waals surface area contributed by atoms with Crippen molar-refractivity contribution in [2.45, 2.75) is 51.4 Å². The van der Waals surface area contributed by atoms with Crippen LogP contribution in [0.15, 0.2) is 0 Å². The molecule has 0 spiro atoms. The van der Waals surface area contributed by atoms with Gasteiger partial charge in [-0.15, -0.1) is 11.3 Å². The second-order valence-electron chi connectivity index (χ2n) is 6.74. The maximum atomic E-state index is 13.0. The van der Waals surface area contributed by atoms with Crippen LogP contribution in [0.1, 0.15) is 70.5 Å². The number of Topliss-reactive ketones (excluding diaryl/α,β-unsaturated/α-hetero) is 1. The average Bonchev–Trinajstić information content (AvgIpc) is 2.88. The Balaban J connectivity index is 1.94. The highest BCUT2D eigenvalue weighted by atomic mass is 32.1. The van der Waals surface area contributed by atoms with E-state index in [0.717, 1.165) is 24.2 Å². The number of carbonyl (C=O) groups is 2. The monoisotopic (exact) mass is 331 g/mol. The van der Waals surface area contributed by atoms with E-state index < -0.39 is 11.3 Å². The van der Waals surface area contributed by atoms with Gasteiger partial charge in [0.1, 0.15) is 5.41 Å². The molecular formula is C17H21N3O2S. The van der Waals surface area contributed by atoms with Gasteiger partial charge in [0.15, 0.2) is 5.78 Å². The van der Waals surface area contributed by atoms with Crippen molar-refractivity contribution >= 4 is 28.0 Å². The molecule has 3 rings (SSSR count). The van der Waals surface area contributed by atoms with Crippen molar-refractivity contribution < 1.29 is 9.59 Å². The van der Waals surface area contributed by atoms with Crippen LogP contribution in [0.2, 0.25) is 0 Å². The number of nitriles is 1. The summed E-state index contributed by atoms with van der Waals surface area (Å²) in [5.41, 5.74) is 11.2. The summed E-state index contributed by atoms with van der Waals surface area (Å²) in [4.78, 5) is 25.1. The standard InChI is InChI=1S/C17H21N3O2S/c18-9-17(8-10-4-2-1-3-5-10)7-6-11-12(15(19)22)16(20)23-13(11)14(17)21/h10H,1-8,20H2,(H2,19,22). The Morgan fingerprint density at radius 1 is 1.35 bits per heavy atom. The normalized spacial score (nSPS) is 24.9. The van der Waals surface area contributed by atoms with Crippen LogP contribution >= 0.6 is 11.3 Å². The Bertz CT molecular complexity index is 697. The fourth-order valence-corrected chi connectivity index (χ4v) is 5.24. The molecule has 1 fully saturated rings. The van der Waals surface area contributed by atoms with E-state index in [0.29, 0.717) is 40.6 Å². The molecule has 4 N–H and O–H groups in total. The summed E-state index contributed by atoms with van der Waals surface area (Å²) < 4.78 is 0. The van der Waals surface area contributed by atoms with Crippen LogP contribution in [-0.4, -0.2) is 11.7 Å². The zero-order valence-corrected chi connectivity index (χ0v) is 13.9. The highest BCUT2D eigenvalue weighted by Gasteiger charge is 2.46. The molecule has 2 aliphatic rings. The Labute approximate surface area is 139 Å². The Morgan fingerprint density at radius 2 is 2.04 bits per heavy atom. The first-order chi connectivity index (χ1) is 11.0. The Hall–Kier alpha value is -1.87. The van der Waals surface area contributed by atoms with Crippen LogP contribution < -0.4 is 11.5 Å². The molecule has 1 unspecified atom stereocenters. The van der Waals surface area contributed by atoms with Gasteiger partial charge >= 0.3 is 0 Å². The van der Waals surface area contributed by atoms with Crippen molar-refractivity contribution in [3.05, 3.63) is 16.0 Å². The molecule has 0 bridgehead atoms. The number of ketones is 1. The lowest BCUT2D eigenvalue weighted by Crippen LogP contribution is -2.36. The van der Waals surface area contributed by atoms with Crippen LogP contribution in [0.3, 0.4) is 0 Å². The first-order valence-corrected chi connectivity index (χ1v) is 8.97. The molecule has 0 aromatic carbocycles. The SMILES string of the molecule is N#CC1(CC2CCCCC2)CCc2c(sc(N)c2C(N)=O)C1=O. The summed E-state index contributed by atoms with van der Waals surface area (Å²) in [6, 6.07) is 2.31. The van der Waals surface area contributed by atoms with Crippen LogP contribution in [0.5, 0.6) is 0 Å². The van der Waals surface area contributed by atoms with Crippen molar-refractivity contribution in [3.63, 3.8) is 0 Å². The molecule has 1 saturated carbocycles. The molecule has 0 aliphatic heterocycles. The molecule has 0 radical (unpaired) electrons. The summed E-state index contributed by atoms with van der Waals surface area (Å²) in [6.45, 7) is 0. The number of primary amides is 1. The number of amides is 1. The maximum Gasteiger partial charge on any atom is 0.251 e. The Kier molecular flexibility index (Phi) is 4.15. The van der Waals surface area contributed by atoms with Gasteiger partial charge in [0.05, 0.1) is 21.5 Å². The van der Waals surface area contributed by atoms with Crippen LogP contribution in [0.4, 0.5) is 5.00 Å². The molecule has 2 aliphatic carbocycles. The smallest absolute Gasteiger partial charge is 0.251 e. The molecule has 23 heavy (non-hydrogen) atoms. The van der Waals surface area contributed by atoms with Crippen LogP contribution in [0, 0.1) is 22.7 Å². The lowest BCUT2D eigenvalue weighted by Gasteiger charge is -2.34. The average molecular weight is 331 g/mol. The summed E-state index contributed by atoms with van der Waals surface area (Å²) in [5, 5.41) is 10.1. The van der Waals surface area contributed by atoms with Crippen LogP contribution in [-0.2, 0) is 6.42 Å². The number of carbonyl (C=O) groups excluding carboxylic acids is 2. The summed E-state index contributed by atoms with van der Waals surface area (Å²) in [7, 11) is 0. The van der Waals surface area contributed by atoms with E-state index in [1.807, 2.05) is 0 Å². The third-order valence-electron chi connectivity index (χ3n) is 5.30. The van der Waals surface area contributed by atoms with Gasteiger partial charge in [0.25, 0.3) is 5.91 Å². The lowest BCUT2D eigenvalue weighted by atomic mass is 9.67. The summed E-state index contributed by atoms with van der Waals surface area (Å²) in [5.74, 6) is -0.303. The van der Waals surface area contributed by atoms with Crippen LogP contribution in [0.25, 0.3) is 0 Å². The number of thiophene rings is 1. The first-order valence-electron chi connectivity index (χ1n) is 8.15. The van der Waals surface area contributed by atoms with Gasteiger partial charge in [-0.05, 0) is 30.7 Å². The number of anilines is 1. The molecule has 0 saturated heterocycles. The van der Waals surface area contributed by atoms with Crippen molar-refractivity contribution in [2.24, 2.45) is 17.1 Å². The quantitative estimate of drug-likeness (QED) is 0.886. The largest absolute Gasteiger partial charge is 0.390 e. The predicted molar refractivity (Wildman–Crippen MR) is 89.1 cm³/mol. The third kappa shape index (κ3) is 2.63. The molecule has 6 heteroatoms. The van der Waals surface area contributed by atoms with E-state index in [-0.39, 0.29) is 11.3 Å².